The molecule has 0 heterocycles. The summed E-state index contributed by atoms with van der Waals surface area (Å²) < 4.78 is 0. The molecule has 0 fully saturated rings. The fourth-order valence-corrected chi connectivity index (χ4v) is 1.53. The molecule has 0 saturated carbocycles. The van der Waals surface area contributed by atoms with Gasteiger partial charge in [-0.15, -0.1) is 0 Å². The number of primary amides is 1. The van der Waals surface area contributed by atoms with E-state index in [0.717, 1.165) is 11.3 Å². The van der Waals surface area contributed by atoms with E-state index >= 15 is 0 Å². The number of aryl methyl sites for hydroxylation is 1. The molecule has 0 spiro atoms. The minimum Gasteiger partial charge on any atom is -0.399 e. The highest BCUT2D eigenvalue weighted by Crippen LogP contribution is 2.17. The summed E-state index contributed by atoms with van der Waals surface area (Å²) in [6.45, 7) is 3.88. The molecule has 1 aromatic carbocycles. The first-order valence-electron chi connectivity index (χ1n) is 4.89. The van der Waals surface area contributed by atoms with Crippen LogP contribution in [0.4, 0.5) is 11.4 Å². The number of carbonyl (C=O) groups is 1. The van der Waals surface area contributed by atoms with Gasteiger partial charge in [0, 0.05) is 23.8 Å². The minimum atomic E-state index is -0.310. The summed E-state index contributed by atoms with van der Waals surface area (Å²) >= 11 is 0. The summed E-state index contributed by atoms with van der Waals surface area (Å²) in [5.74, 6) is -0.310. The number of carbonyl (C=O) groups excluding carboxylic acids is 1. The van der Waals surface area contributed by atoms with Crippen LogP contribution < -0.4 is 16.8 Å². The monoisotopic (exact) mass is 207 g/mol. The normalized spacial score (nSPS) is 12.1. The summed E-state index contributed by atoms with van der Waals surface area (Å²) in [5, 5.41) is 3.17. The fraction of sp³-hybridized carbons (Fsp3) is 0.364. The third-order valence-corrected chi connectivity index (χ3v) is 2.02. The van der Waals surface area contributed by atoms with Crippen molar-refractivity contribution < 1.29 is 4.79 Å². The average Bonchev–Trinajstić information content (AvgIpc) is 1.98. The molecule has 1 unspecified atom stereocenters. The van der Waals surface area contributed by atoms with Crippen molar-refractivity contribution in [2.75, 3.05) is 11.1 Å². The summed E-state index contributed by atoms with van der Waals surface area (Å²) in [6.07, 6.45) is 0.313. The van der Waals surface area contributed by atoms with Crippen LogP contribution in [0.2, 0.25) is 0 Å². The first-order chi connectivity index (χ1) is 6.97. The Hall–Kier alpha value is -1.71. The number of nitrogen functional groups attached to an aromatic ring is 1. The number of benzene rings is 1. The Morgan fingerprint density at radius 1 is 1.47 bits per heavy atom. The third-order valence-electron chi connectivity index (χ3n) is 2.02. The highest BCUT2D eigenvalue weighted by atomic mass is 16.1. The topological polar surface area (TPSA) is 81.1 Å². The van der Waals surface area contributed by atoms with Crippen molar-refractivity contribution in [3.05, 3.63) is 23.8 Å². The zero-order valence-electron chi connectivity index (χ0n) is 9.08. The number of anilines is 2. The van der Waals surface area contributed by atoms with E-state index in [1.165, 1.54) is 0 Å². The molecular weight excluding hydrogens is 190 g/mol. The quantitative estimate of drug-likeness (QED) is 0.650. The zero-order chi connectivity index (χ0) is 11.4. The largest absolute Gasteiger partial charge is 0.399 e. The van der Waals surface area contributed by atoms with Crippen molar-refractivity contribution in [3.8, 4) is 0 Å². The molecule has 1 rings (SSSR count). The molecule has 82 valence electrons. The van der Waals surface area contributed by atoms with Gasteiger partial charge < -0.3 is 16.8 Å². The number of nitrogens with two attached hydrogens (primary N) is 2. The van der Waals surface area contributed by atoms with E-state index in [0.29, 0.717) is 12.1 Å². The molecule has 0 aromatic heterocycles. The summed E-state index contributed by atoms with van der Waals surface area (Å²) in [4.78, 5) is 10.7. The van der Waals surface area contributed by atoms with Gasteiger partial charge >= 0.3 is 0 Å². The molecule has 15 heavy (non-hydrogen) atoms. The molecule has 0 aliphatic carbocycles. The van der Waals surface area contributed by atoms with Crippen molar-refractivity contribution in [2.24, 2.45) is 5.73 Å². The Labute approximate surface area is 89.6 Å². The predicted molar refractivity (Wildman–Crippen MR) is 62.5 cm³/mol. The van der Waals surface area contributed by atoms with Gasteiger partial charge in [0.2, 0.25) is 5.91 Å². The van der Waals surface area contributed by atoms with Gasteiger partial charge in [0.25, 0.3) is 0 Å². The molecule has 0 saturated heterocycles. The molecule has 4 heteroatoms. The maximum absolute atomic E-state index is 10.7. The first kappa shape index (κ1) is 11.4. The zero-order valence-corrected chi connectivity index (χ0v) is 9.08. The lowest BCUT2D eigenvalue weighted by atomic mass is 10.1. The maximum Gasteiger partial charge on any atom is 0.219 e. The van der Waals surface area contributed by atoms with Crippen LogP contribution in [0, 0.1) is 6.92 Å². The second-order valence-corrected chi connectivity index (χ2v) is 3.85. The summed E-state index contributed by atoms with van der Waals surface area (Å²) in [6, 6.07) is 5.73. The predicted octanol–water partition coefficient (Wildman–Crippen LogP) is 1.25. The highest BCUT2D eigenvalue weighted by molar-refractivity contribution is 5.75. The molecule has 1 amide bonds. The van der Waals surface area contributed by atoms with E-state index in [1.807, 2.05) is 32.0 Å². The molecule has 0 aliphatic rings. The van der Waals surface area contributed by atoms with Crippen LogP contribution in [-0.4, -0.2) is 11.9 Å². The number of nitrogens with one attached hydrogen (secondary N) is 1. The van der Waals surface area contributed by atoms with Crippen molar-refractivity contribution in [2.45, 2.75) is 26.3 Å². The van der Waals surface area contributed by atoms with Crippen molar-refractivity contribution in [1.29, 1.82) is 0 Å². The van der Waals surface area contributed by atoms with Gasteiger partial charge in [-0.25, -0.2) is 0 Å². The van der Waals surface area contributed by atoms with E-state index in [1.54, 1.807) is 0 Å². The Bertz CT molecular complexity index is 343. The lowest BCUT2D eigenvalue weighted by Crippen LogP contribution is -2.24. The second kappa shape index (κ2) is 4.68. The van der Waals surface area contributed by atoms with E-state index < -0.39 is 0 Å². The van der Waals surface area contributed by atoms with Gasteiger partial charge in [0.05, 0.1) is 0 Å². The van der Waals surface area contributed by atoms with Crippen LogP contribution in [0.3, 0.4) is 0 Å². The lowest BCUT2D eigenvalue weighted by molar-refractivity contribution is -0.118. The van der Waals surface area contributed by atoms with Crippen LogP contribution in [0.25, 0.3) is 0 Å². The minimum absolute atomic E-state index is 0.0173. The molecule has 4 nitrogen and oxygen atoms in total. The fourth-order valence-electron chi connectivity index (χ4n) is 1.53. The standard InChI is InChI=1S/C11H17N3O/c1-7-3-9(12)6-10(4-7)14-8(2)5-11(13)15/h3-4,6,8,14H,5,12H2,1-2H3,(H2,13,15). The van der Waals surface area contributed by atoms with Gasteiger partial charge in [-0.05, 0) is 37.6 Å². The molecule has 0 aliphatic heterocycles. The lowest BCUT2D eigenvalue weighted by Gasteiger charge is -2.14. The van der Waals surface area contributed by atoms with Gasteiger partial charge in [0.1, 0.15) is 0 Å². The Morgan fingerprint density at radius 2 is 2.13 bits per heavy atom. The van der Waals surface area contributed by atoms with Crippen LogP contribution in [0.1, 0.15) is 18.9 Å². The van der Waals surface area contributed by atoms with E-state index in [-0.39, 0.29) is 11.9 Å². The Kier molecular flexibility index (Phi) is 3.55. The molecular formula is C11H17N3O. The van der Waals surface area contributed by atoms with E-state index in [4.69, 9.17) is 11.5 Å². The van der Waals surface area contributed by atoms with Crippen LogP contribution in [0.15, 0.2) is 18.2 Å². The molecule has 0 bridgehead atoms. The second-order valence-electron chi connectivity index (χ2n) is 3.85. The SMILES string of the molecule is Cc1cc(N)cc(NC(C)CC(N)=O)c1. The van der Waals surface area contributed by atoms with Gasteiger partial charge in [-0.3, -0.25) is 4.79 Å². The first-order valence-corrected chi connectivity index (χ1v) is 4.89. The number of hydrogen-bond acceptors (Lipinski definition) is 3. The molecule has 0 radical (unpaired) electrons. The van der Waals surface area contributed by atoms with Crippen LogP contribution in [0.5, 0.6) is 0 Å². The van der Waals surface area contributed by atoms with E-state index in [2.05, 4.69) is 5.32 Å². The smallest absolute Gasteiger partial charge is 0.219 e. The highest BCUT2D eigenvalue weighted by Gasteiger charge is 2.05. The number of amides is 1. The van der Waals surface area contributed by atoms with Crippen molar-refractivity contribution >= 4 is 17.3 Å². The third kappa shape index (κ3) is 3.89. The van der Waals surface area contributed by atoms with Crippen LogP contribution >= 0.6 is 0 Å². The molecule has 1 aromatic rings. The van der Waals surface area contributed by atoms with Gasteiger partial charge in [0.15, 0.2) is 0 Å². The Balaban J connectivity index is 2.67. The summed E-state index contributed by atoms with van der Waals surface area (Å²) in [5.41, 5.74) is 13.5. The average molecular weight is 207 g/mol. The molecule has 1 atom stereocenters. The van der Waals surface area contributed by atoms with Gasteiger partial charge in [-0.2, -0.15) is 0 Å². The number of hydrogen-bond donors (Lipinski definition) is 3. The molecule has 5 N–H and O–H groups in total. The summed E-state index contributed by atoms with van der Waals surface area (Å²) in [7, 11) is 0. The Morgan fingerprint density at radius 3 is 2.67 bits per heavy atom. The van der Waals surface area contributed by atoms with E-state index in [9.17, 15) is 4.79 Å². The van der Waals surface area contributed by atoms with Crippen LogP contribution in [-0.2, 0) is 4.79 Å². The maximum atomic E-state index is 10.7. The van der Waals surface area contributed by atoms with Gasteiger partial charge in [-0.1, -0.05) is 0 Å². The van der Waals surface area contributed by atoms with Crippen molar-refractivity contribution in [3.63, 3.8) is 0 Å². The van der Waals surface area contributed by atoms with Crippen molar-refractivity contribution in [1.82, 2.24) is 0 Å². The number of rotatable bonds is 4.